The van der Waals surface area contributed by atoms with E-state index in [9.17, 15) is 10.1 Å². The first-order valence-electron chi connectivity index (χ1n) is 5.18. The molecule has 0 amide bonds. The highest BCUT2D eigenvalue weighted by Gasteiger charge is 2.11. The van der Waals surface area contributed by atoms with Crippen LogP contribution in [0.2, 0.25) is 4.34 Å². The fraction of sp³-hybridized carbons (Fsp3) is 0.182. The molecule has 0 radical (unpaired) electrons. The molecule has 0 aliphatic heterocycles. The van der Waals surface area contributed by atoms with Crippen molar-refractivity contribution in [3.05, 3.63) is 49.8 Å². The van der Waals surface area contributed by atoms with E-state index in [1.54, 1.807) is 6.07 Å². The summed E-state index contributed by atoms with van der Waals surface area (Å²) in [5.74, 6) is -0.160. The van der Waals surface area contributed by atoms with Gasteiger partial charge in [-0.15, -0.1) is 11.3 Å². The highest BCUT2D eigenvalue weighted by Crippen LogP contribution is 2.28. The molecule has 1 atom stereocenters. The number of anilines is 1. The van der Waals surface area contributed by atoms with Crippen LogP contribution in [0.25, 0.3) is 0 Å². The summed E-state index contributed by atoms with van der Waals surface area (Å²) < 4.78 is 0.737. The number of rotatable bonds is 4. The molecule has 0 aliphatic rings. The van der Waals surface area contributed by atoms with Gasteiger partial charge in [-0.2, -0.15) is 0 Å². The maximum Gasteiger partial charge on any atom is 0.363 e. The molecule has 2 heterocycles. The zero-order chi connectivity index (χ0) is 13.1. The van der Waals surface area contributed by atoms with Crippen LogP contribution in [-0.2, 0) is 0 Å². The Kier molecular flexibility index (Phi) is 3.78. The number of aromatic nitrogens is 1. The normalized spacial score (nSPS) is 12.1. The maximum absolute atomic E-state index is 10.5. The number of pyridine rings is 1. The second-order valence-corrected chi connectivity index (χ2v) is 5.42. The molecule has 0 aromatic carbocycles. The van der Waals surface area contributed by atoms with E-state index in [0.29, 0.717) is 0 Å². The van der Waals surface area contributed by atoms with Crippen molar-refractivity contribution in [3.8, 4) is 0 Å². The number of hydrogen-bond donors (Lipinski definition) is 1. The third-order valence-electron chi connectivity index (χ3n) is 2.34. The lowest BCUT2D eigenvalue weighted by atomic mass is 10.2. The first-order chi connectivity index (χ1) is 8.56. The Labute approximate surface area is 113 Å². The summed E-state index contributed by atoms with van der Waals surface area (Å²) in [6, 6.07) is 6.87. The monoisotopic (exact) mass is 283 g/mol. The van der Waals surface area contributed by atoms with E-state index in [2.05, 4.69) is 10.3 Å². The smallest absolute Gasteiger partial charge is 0.363 e. The summed E-state index contributed by atoms with van der Waals surface area (Å²) in [5, 5.41) is 13.7. The van der Waals surface area contributed by atoms with Gasteiger partial charge < -0.3 is 15.4 Å². The Morgan fingerprint density at radius 2 is 2.22 bits per heavy atom. The summed E-state index contributed by atoms with van der Waals surface area (Å²) in [6.45, 7) is 1.99. The van der Waals surface area contributed by atoms with Gasteiger partial charge in [0, 0.05) is 10.9 Å². The van der Waals surface area contributed by atoms with Crippen molar-refractivity contribution < 1.29 is 4.92 Å². The van der Waals surface area contributed by atoms with Gasteiger partial charge in [0.1, 0.15) is 0 Å². The van der Waals surface area contributed by atoms with E-state index in [1.165, 1.54) is 23.6 Å². The number of nitro groups is 1. The highest BCUT2D eigenvalue weighted by atomic mass is 35.5. The van der Waals surface area contributed by atoms with E-state index in [1.807, 2.05) is 19.1 Å². The van der Waals surface area contributed by atoms with E-state index in [0.717, 1.165) is 14.9 Å². The predicted octanol–water partition coefficient (Wildman–Crippen LogP) is 3.88. The Balaban J connectivity index is 2.07. The van der Waals surface area contributed by atoms with Crippen LogP contribution in [0.1, 0.15) is 17.8 Å². The third-order valence-corrected chi connectivity index (χ3v) is 3.75. The van der Waals surface area contributed by atoms with Crippen molar-refractivity contribution in [1.82, 2.24) is 4.98 Å². The molecule has 0 spiro atoms. The Morgan fingerprint density at radius 3 is 2.72 bits per heavy atom. The van der Waals surface area contributed by atoms with E-state index in [4.69, 9.17) is 11.6 Å². The molecule has 1 unspecified atom stereocenters. The SMILES string of the molecule is CC(Nc1ccc([N+](=O)[O-])nc1)c1ccc(Cl)s1. The minimum absolute atomic E-state index is 0.0748. The third kappa shape index (κ3) is 2.96. The van der Waals surface area contributed by atoms with Crippen LogP contribution in [0, 0.1) is 10.1 Å². The van der Waals surface area contributed by atoms with E-state index < -0.39 is 4.92 Å². The van der Waals surface area contributed by atoms with Gasteiger partial charge in [0.25, 0.3) is 0 Å². The Morgan fingerprint density at radius 1 is 1.44 bits per heavy atom. The molecule has 0 bridgehead atoms. The van der Waals surface area contributed by atoms with Crippen LogP contribution in [0.5, 0.6) is 0 Å². The van der Waals surface area contributed by atoms with Gasteiger partial charge in [-0.3, -0.25) is 0 Å². The molecule has 94 valence electrons. The molecule has 0 fully saturated rings. The molecule has 5 nitrogen and oxygen atoms in total. The van der Waals surface area contributed by atoms with Crippen LogP contribution in [0.3, 0.4) is 0 Å². The molecule has 0 saturated carbocycles. The first kappa shape index (κ1) is 12.8. The van der Waals surface area contributed by atoms with Gasteiger partial charge in [-0.25, -0.2) is 0 Å². The summed E-state index contributed by atoms with van der Waals surface area (Å²) in [7, 11) is 0. The summed E-state index contributed by atoms with van der Waals surface area (Å²) in [5.41, 5.74) is 0.734. The molecule has 18 heavy (non-hydrogen) atoms. The molecule has 2 aromatic rings. The fourth-order valence-electron chi connectivity index (χ4n) is 1.46. The van der Waals surface area contributed by atoms with Crippen molar-refractivity contribution in [2.75, 3.05) is 5.32 Å². The van der Waals surface area contributed by atoms with Gasteiger partial charge in [-0.1, -0.05) is 11.6 Å². The number of halogens is 1. The Hall–Kier alpha value is -1.66. The quantitative estimate of drug-likeness (QED) is 0.683. The van der Waals surface area contributed by atoms with Gasteiger partial charge in [0.15, 0.2) is 6.20 Å². The number of thiophene rings is 1. The minimum Gasteiger partial charge on any atom is -0.375 e. The first-order valence-corrected chi connectivity index (χ1v) is 6.38. The molecule has 2 aromatic heterocycles. The average molecular weight is 284 g/mol. The molecular formula is C11H10ClN3O2S. The second kappa shape index (κ2) is 5.32. The number of nitrogens with zero attached hydrogens (tertiary/aromatic N) is 2. The van der Waals surface area contributed by atoms with Crippen LogP contribution in [-0.4, -0.2) is 9.91 Å². The lowest BCUT2D eigenvalue weighted by molar-refractivity contribution is -0.389. The maximum atomic E-state index is 10.5. The van der Waals surface area contributed by atoms with Crippen molar-refractivity contribution in [2.45, 2.75) is 13.0 Å². The van der Waals surface area contributed by atoms with Crippen molar-refractivity contribution >= 4 is 34.4 Å². The lowest BCUT2D eigenvalue weighted by Gasteiger charge is -2.11. The zero-order valence-electron chi connectivity index (χ0n) is 9.46. The van der Waals surface area contributed by atoms with Gasteiger partial charge >= 0.3 is 5.82 Å². The van der Waals surface area contributed by atoms with Crippen molar-refractivity contribution in [1.29, 1.82) is 0 Å². The highest BCUT2D eigenvalue weighted by molar-refractivity contribution is 7.16. The van der Waals surface area contributed by atoms with E-state index in [-0.39, 0.29) is 11.9 Å². The molecule has 0 saturated heterocycles. The largest absolute Gasteiger partial charge is 0.375 e. The van der Waals surface area contributed by atoms with Crippen LogP contribution >= 0.6 is 22.9 Å². The standard InChI is InChI=1S/C11H10ClN3O2S/c1-7(9-3-4-10(12)18-9)14-8-2-5-11(13-6-8)15(16)17/h2-7,14H,1H3. The summed E-state index contributed by atoms with van der Waals surface area (Å²) in [4.78, 5) is 14.8. The average Bonchev–Trinajstić information content (AvgIpc) is 2.76. The van der Waals surface area contributed by atoms with Crippen LogP contribution in [0.15, 0.2) is 30.5 Å². The number of nitrogens with one attached hydrogen (secondary N) is 1. The molecule has 7 heteroatoms. The summed E-state index contributed by atoms with van der Waals surface area (Å²) in [6.07, 6.45) is 1.45. The van der Waals surface area contributed by atoms with Crippen molar-refractivity contribution in [3.63, 3.8) is 0 Å². The van der Waals surface area contributed by atoms with Gasteiger partial charge in [0.2, 0.25) is 0 Å². The van der Waals surface area contributed by atoms with E-state index >= 15 is 0 Å². The van der Waals surface area contributed by atoms with Gasteiger partial charge in [-0.05, 0) is 35.0 Å². The molecule has 1 N–H and O–H groups in total. The molecule has 0 aliphatic carbocycles. The number of hydrogen-bond acceptors (Lipinski definition) is 5. The molecular weight excluding hydrogens is 274 g/mol. The van der Waals surface area contributed by atoms with Crippen molar-refractivity contribution in [2.24, 2.45) is 0 Å². The second-order valence-electron chi connectivity index (χ2n) is 3.67. The zero-order valence-corrected chi connectivity index (χ0v) is 11.0. The molecule has 2 rings (SSSR count). The topological polar surface area (TPSA) is 68.1 Å². The van der Waals surface area contributed by atoms with Gasteiger partial charge in [0.05, 0.1) is 16.1 Å². The Bertz CT molecular complexity index is 556. The lowest BCUT2D eigenvalue weighted by Crippen LogP contribution is -2.05. The summed E-state index contributed by atoms with van der Waals surface area (Å²) >= 11 is 7.36. The minimum atomic E-state index is -0.522. The fourth-order valence-corrected chi connectivity index (χ4v) is 2.52. The predicted molar refractivity (Wildman–Crippen MR) is 72.3 cm³/mol. The van der Waals surface area contributed by atoms with Crippen LogP contribution < -0.4 is 5.32 Å². The van der Waals surface area contributed by atoms with Crippen LogP contribution in [0.4, 0.5) is 11.5 Å².